The number of hydrogen-bond donors (Lipinski definition) is 2. The summed E-state index contributed by atoms with van der Waals surface area (Å²) < 4.78 is 17.9. The lowest BCUT2D eigenvalue weighted by molar-refractivity contribution is -0.121. The summed E-state index contributed by atoms with van der Waals surface area (Å²) in [7, 11) is 0. The zero-order valence-corrected chi connectivity index (χ0v) is 14.7. The highest BCUT2D eigenvalue weighted by atomic mass is 19.1. The summed E-state index contributed by atoms with van der Waals surface area (Å²) in [5, 5.41) is 2.81. The normalized spacial score (nSPS) is 10.6. The number of aryl methyl sites for hydroxylation is 1. The third-order valence-electron chi connectivity index (χ3n) is 4.08. The van der Waals surface area contributed by atoms with E-state index in [0.29, 0.717) is 31.7 Å². The number of rotatable bonds is 7. The van der Waals surface area contributed by atoms with E-state index in [4.69, 9.17) is 4.74 Å². The highest BCUT2D eigenvalue weighted by molar-refractivity contribution is 5.90. The van der Waals surface area contributed by atoms with Crippen molar-refractivity contribution in [3.05, 3.63) is 58.2 Å². The Labute approximate surface area is 146 Å². The number of halogens is 1. The molecule has 2 N–H and O–H groups in total. The van der Waals surface area contributed by atoms with Gasteiger partial charge in [0.2, 0.25) is 5.91 Å². The van der Waals surface area contributed by atoms with Gasteiger partial charge < -0.3 is 15.0 Å². The summed E-state index contributed by atoms with van der Waals surface area (Å²) in [4.78, 5) is 27.0. The van der Waals surface area contributed by atoms with Gasteiger partial charge in [0.15, 0.2) is 0 Å². The van der Waals surface area contributed by atoms with Gasteiger partial charge in [0.1, 0.15) is 11.5 Å². The van der Waals surface area contributed by atoms with E-state index in [1.54, 1.807) is 19.1 Å². The zero-order valence-electron chi connectivity index (χ0n) is 14.7. The van der Waals surface area contributed by atoms with E-state index in [1.165, 1.54) is 12.1 Å². The Bertz CT molecular complexity index is 751. The molecule has 0 spiro atoms. The maximum atomic E-state index is 12.9. The molecule has 0 saturated carbocycles. The van der Waals surface area contributed by atoms with Crippen LogP contribution in [0.2, 0.25) is 0 Å². The first-order valence-corrected chi connectivity index (χ1v) is 8.28. The summed E-state index contributed by atoms with van der Waals surface area (Å²) in [5.74, 6) is -0.775. The zero-order chi connectivity index (χ0) is 18.4. The summed E-state index contributed by atoms with van der Waals surface area (Å²) >= 11 is 0. The van der Waals surface area contributed by atoms with Gasteiger partial charge in [-0.1, -0.05) is 12.1 Å². The van der Waals surface area contributed by atoms with E-state index < -0.39 is 0 Å². The molecule has 0 atom stereocenters. The molecule has 0 radical (unpaired) electrons. The molecule has 0 aliphatic heterocycles. The SMILES string of the molecule is CCOC(=O)c1[nH]c(C)c(CCC(=O)NCc2ccc(F)cc2)c1C. The maximum absolute atomic E-state index is 12.9. The lowest BCUT2D eigenvalue weighted by atomic mass is 10.0. The van der Waals surface area contributed by atoms with Crippen LogP contribution in [0.3, 0.4) is 0 Å². The molecule has 0 unspecified atom stereocenters. The van der Waals surface area contributed by atoms with Crippen molar-refractivity contribution >= 4 is 11.9 Å². The van der Waals surface area contributed by atoms with Crippen LogP contribution in [0.25, 0.3) is 0 Å². The topological polar surface area (TPSA) is 71.2 Å². The standard InChI is InChI=1S/C19H23FN2O3/c1-4-25-19(24)18-12(2)16(13(3)22-18)9-10-17(23)21-11-14-5-7-15(20)8-6-14/h5-8,22H,4,9-11H2,1-3H3,(H,21,23). The second kappa shape index (κ2) is 8.46. The average molecular weight is 346 g/mol. The minimum Gasteiger partial charge on any atom is -0.461 e. The molecule has 0 aliphatic rings. The minimum absolute atomic E-state index is 0.0954. The van der Waals surface area contributed by atoms with Crippen molar-refractivity contribution < 1.29 is 18.7 Å². The third kappa shape index (κ3) is 4.92. The lowest BCUT2D eigenvalue weighted by Gasteiger charge is -2.06. The Morgan fingerprint density at radius 1 is 1.20 bits per heavy atom. The molecular formula is C19H23FN2O3. The molecule has 1 aromatic heterocycles. The number of esters is 1. The molecule has 0 fully saturated rings. The third-order valence-corrected chi connectivity index (χ3v) is 4.08. The van der Waals surface area contributed by atoms with Crippen LogP contribution < -0.4 is 5.32 Å². The number of aromatic amines is 1. The Kier molecular flexibility index (Phi) is 6.33. The molecule has 0 bridgehead atoms. The van der Waals surface area contributed by atoms with Gasteiger partial charge in [-0.25, -0.2) is 9.18 Å². The number of nitrogens with one attached hydrogen (secondary N) is 2. The minimum atomic E-state index is -0.380. The molecule has 2 rings (SSSR count). The van der Waals surface area contributed by atoms with Crippen molar-refractivity contribution in [3.8, 4) is 0 Å². The van der Waals surface area contributed by atoms with Gasteiger partial charge in [0, 0.05) is 18.7 Å². The van der Waals surface area contributed by atoms with E-state index in [0.717, 1.165) is 22.4 Å². The van der Waals surface area contributed by atoms with Crippen molar-refractivity contribution in [2.75, 3.05) is 6.61 Å². The van der Waals surface area contributed by atoms with Crippen LogP contribution in [0.4, 0.5) is 4.39 Å². The largest absolute Gasteiger partial charge is 0.461 e. The smallest absolute Gasteiger partial charge is 0.355 e. The number of carbonyl (C=O) groups excluding carboxylic acids is 2. The molecule has 1 amide bonds. The van der Waals surface area contributed by atoms with Crippen LogP contribution in [0.15, 0.2) is 24.3 Å². The molecule has 134 valence electrons. The fourth-order valence-electron chi connectivity index (χ4n) is 2.70. The van der Waals surface area contributed by atoms with Crippen LogP contribution >= 0.6 is 0 Å². The van der Waals surface area contributed by atoms with Crippen LogP contribution in [-0.4, -0.2) is 23.5 Å². The van der Waals surface area contributed by atoms with E-state index >= 15 is 0 Å². The molecule has 0 aliphatic carbocycles. The van der Waals surface area contributed by atoms with E-state index in [2.05, 4.69) is 10.3 Å². The highest BCUT2D eigenvalue weighted by Crippen LogP contribution is 2.20. The molecule has 6 heteroatoms. The van der Waals surface area contributed by atoms with Crippen LogP contribution in [0.1, 0.15) is 46.2 Å². The Balaban J connectivity index is 1.91. The molecule has 1 heterocycles. The number of aromatic nitrogens is 1. The molecule has 1 aromatic carbocycles. The fraction of sp³-hybridized carbons (Fsp3) is 0.368. The molecule has 0 saturated heterocycles. The Morgan fingerprint density at radius 2 is 1.88 bits per heavy atom. The first kappa shape index (κ1) is 18.7. The van der Waals surface area contributed by atoms with Crippen molar-refractivity contribution in [1.29, 1.82) is 0 Å². The van der Waals surface area contributed by atoms with E-state index in [1.807, 2.05) is 13.8 Å². The van der Waals surface area contributed by atoms with Crippen LogP contribution in [0.5, 0.6) is 0 Å². The summed E-state index contributed by atoms with van der Waals surface area (Å²) in [6, 6.07) is 6.01. The lowest BCUT2D eigenvalue weighted by Crippen LogP contribution is -2.23. The highest BCUT2D eigenvalue weighted by Gasteiger charge is 2.18. The Morgan fingerprint density at radius 3 is 2.52 bits per heavy atom. The molecular weight excluding hydrogens is 323 g/mol. The monoisotopic (exact) mass is 346 g/mol. The summed E-state index contributed by atoms with van der Waals surface area (Å²) in [6.07, 6.45) is 0.839. The van der Waals surface area contributed by atoms with Crippen molar-refractivity contribution in [2.45, 2.75) is 40.2 Å². The van der Waals surface area contributed by atoms with Crippen molar-refractivity contribution in [2.24, 2.45) is 0 Å². The first-order valence-electron chi connectivity index (χ1n) is 8.28. The van der Waals surface area contributed by atoms with E-state index in [-0.39, 0.29) is 17.7 Å². The molecule has 25 heavy (non-hydrogen) atoms. The molecule has 2 aromatic rings. The second-order valence-electron chi connectivity index (χ2n) is 5.85. The van der Waals surface area contributed by atoms with Crippen molar-refractivity contribution in [1.82, 2.24) is 10.3 Å². The number of benzene rings is 1. The number of amides is 1. The fourth-order valence-corrected chi connectivity index (χ4v) is 2.70. The van der Waals surface area contributed by atoms with Crippen molar-refractivity contribution in [3.63, 3.8) is 0 Å². The summed E-state index contributed by atoms with van der Waals surface area (Å²) in [5.41, 5.74) is 3.93. The molecule has 5 nitrogen and oxygen atoms in total. The predicted octanol–water partition coefficient (Wildman–Crippen LogP) is 3.20. The Hall–Kier alpha value is -2.63. The van der Waals surface area contributed by atoms with Gasteiger partial charge in [-0.05, 0) is 56.0 Å². The predicted molar refractivity (Wildman–Crippen MR) is 92.8 cm³/mol. The average Bonchev–Trinajstić information content (AvgIpc) is 2.87. The maximum Gasteiger partial charge on any atom is 0.355 e. The van der Waals surface area contributed by atoms with Gasteiger partial charge in [-0.15, -0.1) is 0 Å². The van der Waals surface area contributed by atoms with Gasteiger partial charge >= 0.3 is 5.97 Å². The quantitative estimate of drug-likeness (QED) is 0.756. The number of ether oxygens (including phenoxy) is 1. The first-order chi connectivity index (χ1) is 11.9. The number of H-pyrrole nitrogens is 1. The van der Waals surface area contributed by atoms with Gasteiger partial charge in [-0.3, -0.25) is 4.79 Å². The van der Waals surface area contributed by atoms with Gasteiger partial charge in [-0.2, -0.15) is 0 Å². The van der Waals surface area contributed by atoms with Crippen LogP contribution in [-0.2, 0) is 22.5 Å². The summed E-state index contributed by atoms with van der Waals surface area (Å²) in [6.45, 7) is 6.16. The van der Waals surface area contributed by atoms with E-state index in [9.17, 15) is 14.0 Å². The number of carbonyl (C=O) groups is 2. The number of hydrogen-bond acceptors (Lipinski definition) is 3. The second-order valence-corrected chi connectivity index (χ2v) is 5.85. The van der Waals surface area contributed by atoms with Gasteiger partial charge in [0.05, 0.1) is 6.61 Å². The van der Waals surface area contributed by atoms with Gasteiger partial charge in [0.25, 0.3) is 0 Å². The van der Waals surface area contributed by atoms with Crippen LogP contribution in [0, 0.1) is 19.7 Å².